The van der Waals surface area contributed by atoms with Gasteiger partial charge in [0.1, 0.15) is 0 Å². The summed E-state index contributed by atoms with van der Waals surface area (Å²) >= 11 is 9.52. The Bertz CT molecular complexity index is 417. The van der Waals surface area contributed by atoms with Gasteiger partial charge < -0.3 is 5.32 Å². The molecule has 3 heteroatoms. The average Bonchev–Trinajstić information content (AvgIpc) is 2.46. The quantitative estimate of drug-likeness (QED) is 0.776. The number of halogens is 2. The van der Waals surface area contributed by atoms with Crippen LogP contribution in [0.4, 0.5) is 5.69 Å². The van der Waals surface area contributed by atoms with Gasteiger partial charge in [-0.3, -0.25) is 0 Å². The van der Waals surface area contributed by atoms with Gasteiger partial charge in [-0.15, -0.1) is 0 Å². The summed E-state index contributed by atoms with van der Waals surface area (Å²) in [4.78, 5) is 0. The third-order valence-electron chi connectivity index (χ3n) is 3.61. The lowest BCUT2D eigenvalue weighted by atomic mass is 9.91. The fourth-order valence-corrected chi connectivity index (χ4v) is 3.31. The van der Waals surface area contributed by atoms with Crippen LogP contribution >= 0.6 is 27.5 Å². The number of rotatable bonds is 2. The van der Waals surface area contributed by atoms with Gasteiger partial charge in [-0.05, 0) is 58.3 Å². The maximum atomic E-state index is 6.10. The van der Waals surface area contributed by atoms with Crippen molar-refractivity contribution in [2.75, 3.05) is 5.32 Å². The van der Waals surface area contributed by atoms with Crippen LogP contribution in [-0.2, 0) is 0 Å². The molecule has 0 saturated heterocycles. The van der Waals surface area contributed by atoms with Crippen molar-refractivity contribution in [1.82, 2.24) is 0 Å². The minimum Gasteiger partial charge on any atom is -0.382 e. The van der Waals surface area contributed by atoms with E-state index < -0.39 is 0 Å². The second-order valence-electron chi connectivity index (χ2n) is 5.93. The molecule has 1 aliphatic rings. The maximum Gasteiger partial charge on any atom is 0.0568 e. The van der Waals surface area contributed by atoms with Crippen molar-refractivity contribution < 1.29 is 0 Å². The van der Waals surface area contributed by atoms with Crippen LogP contribution in [0, 0.1) is 11.3 Å². The van der Waals surface area contributed by atoms with E-state index in [1.165, 1.54) is 12.8 Å². The number of nitrogens with one attached hydrogen (secondary N) is 1. The average molecular weight is 317 g/mol. The molecule has 1 fully saturated rings. The number of hydrogen-bond acceptors (Lipinski definition) is 1. The lowest BCUT2D eigenvalue weighted by molar-refractivity contribution is 0.366. The van der Waals surface area contributed by atoms with Gasteiger partial charge in [-0.25, -0.2) is 0 Å². The summed E-state index contributed by atoms with van der Waals surface area (Å²) in [5.41, 5.74) is 1.57. The van der Waals surface area contributed by atoms with Crippen molar-refractivity contribution in [3.05, 3.63) is 27.7 Å². The van der Waals surface area contributed by atoms with Crippen molar-refractivity contribution in [2.45, 2.75) is 39.7 Å². The van der Waals surface area contributed by atoms with E-state index in [0.29, 0.717) is 17.4 Å². The Kier molecular flexibility index (Phi) is 3.74. The van der Waals surface area contributed by atoms with Crippen LogP contribution in [0.2, 0.25) is 5.02 Å². The van der Waals surface area contributed by atoms with E-state index in [0.717, 1.165) is 15.2 Å². The minimum atomic E-state index is 0.455. The zero-order valence-corrected chi connectivity index (χ0v) is 12.9. The molecule has 0 aromatic heterocycles. The van der Waals surface area contributed by atoms with Crippen LogP contribution in [0.25, 0.3) is 0 Å². The molecule has 94 valence electrons. The van der Waals surface area contributed by atoms with Crippen molar-refractivity contribution >= 4 is 33.2 Å². The largest absolute Gasteiger partial charge is 0.382 e. The number of anilines is 1. The van der Waals surface area contributed by atoms with E-state index >= 15 is 0 Å². The Labute approximate surface area is 117 Å². The van der Waals surface area contributed by atoms with Crippen LogP contribution in [0.15, 0.2) is 22.7 Å². The Morgan fingerprint density at radius 1 is 1.35 bits per heavy atom. The summed E-state index contributed by atoms with van der Waals surface area (Å²) < 4.78 is 0.949. The van der Waals surface area contributed by atoms with E-state index in [-0.39, 0.29) is 0 Å². The highest BCUT2D eigenvalue weighted by molar-refractivity contribution is 9.10. The van der Waals surface area contributed by atoms with Gasteiger partial charge in [-0.2, -0.15) is 0 Å². The summed E-state index contributed by atoms with van der Waals surface area (Å²) in [5.74, 6) is 0.715. The second-order valence-corrected chi connectivity index (χ2v) is 7.19. The fraction of sp³-hybridized carbons (Fsp3) is 0.571. The molecular weight excluding hydrogens is 298 g/mol. The molecule has 0 amide bonds. The van der Waals surface area contributed by atoms with Gasteiger partial charge in [0.2, 0.25) is 0 Å². The first-order chi connectivity index (χ1) is 7.87. The molecule has 0 bridgehead atoms. The topological polar surface area (TPSA) is 12.0 Å². The number of hydrogen-bond donors (Lipinski definition) is 1. The molecule has 2 atom stereocenters. The summed E-state index contributed by atoms with van der Waals surface area (Å²) in [6.45, 7) is 7.02. The standard InChI is InChI=1S/C14H19BrClN/c1-9-7-14(2,3)8-13(9)17-10-4-5-11(15)12(16)6-10/h4-6,9,13,17H,7-8H2,1-3H3. The third-order valence-corrected chi connectivity index (χ3v) is 4.84. The van der Waals surface area contributed by atoms with E-state index in [9.17, 15) is 0 Å². The van der Waals surface area contributed by atoms with Gasteiger partial charge in [-0.1, -0.05) is 32.4 Å². The molecule has 0 aliphatic heterocycles. The highest BCUT2D eigenvalue weighted by atomic mass is 79.9. The lowest BCUT2D eigenvalue weighted by Gasteiger charge is -2.20. The lowest BCUT2D eigenvalue weighted by Crippen LogP contribution is -2.22. The van der Waals surface area contributed by atoms with Gasteiger partial charge in [0, 0.05) is 16.2 Å². The molecule has 1 aromatic rings. The summed E-state index contributed by atoms with van der Waals surface area (Å²) in [6, 6.07) is 6.62. The predicted octanol–water partition coefficient (Wildman–Crippen LogP) is 5.34. The second kappa shape index (κ2) is 4.81. The fourth-order valence-electron chi connectivity index (χ4n) is 2.89. The van der Waals surface area contributed by atoms with E-state index in [1.54, 1.807) is 0 Å². The highest BCUT2D eigenvalue weighted by Gasteiger charge is 2.36. The minimum absolute atomic E-state index is 0.455. The van der Waals surface area contributed by atoms with E-state index in [1.807, 2.05) is 12.1 Å². The van der Waals surface area contributed by atoms with Crippen molar-refractivity contribution in [3.63, 3.8) is 0 Å². The Hall–Kier alpha value is -0.210. The molecule has 1 aromatic carbocycles. The summed E-state index contributed by atoms with van der Waals surface area (Å²) in [6.07, 6.45) is 2.51. The predicted molar refractivity (Wildman–Crippen MR) is 78.7 cm³/mol. The van der Waals surface area contributed by atoms with Crippen molar-refractivity contribution in [1.29, 1.82) is 0 Å². The molecule has 0 radical (unpaired) electrons. The third kappa shape index (κ3) is 3.17. The van der Waals surface area contributed by atoms with Crippen molar-refractivity contribution in [3.8, 4) is 0 Å². The van der Waals surface area contributed by atoms with Crippen LogP contribution in [0.3, 0.4) is 0 Å². The maximum absolute atomic E-state index is 6.10. The summed E-state index contributed by atoms with van der Waals surface area (Å²) in [7, 11) is 0. The molecule has 1 N–H and O–H groups in total. The first-order valence-corrected chi connectivity index (χ1v) is 7.26. The normalized spacial score (nSPS) is 27.1. The molecule has 1 saturated carbocycles. The Morgan fingerprint density at radius 2 is 2.06 bits per heavy atom. The van der Waals surface area contributed by atoms with Crippen LogP contribution in [0.1, 0.15) is 33.6 Å². The summed E-state index contributed by atoms with van der Waals surface area (Å²) in [5, 5.41) is 4.37. The smallest absolute Gasteiger partial charge is 0.0568 e. The SMILES string of the molecule is CC1CC(C)(C)CC1Nc1ccc(Br)c(Cl)c1. The molecular formula is C14H19BrClN. The zero-order valence-electron chi connectivity index (χ0n) is 10.6. The van der Waals surface area contributed by atoms with Crippen LogP contribution in [0.5, 0.6) is 0 Å². The molecule has 17 heavy (non-hydrogen) atoms. The molecule has 1 aliphatic carbocycles. The van der Waals surface area contributed by atoms with E-state index in [2.05, 4.69) is 48.1 Å². The Morgan fingerprint density at radius 3 is 2.59 bits per heavy atom. The zero-order chi connectivity index (χ0) is 12.6. The van der Waals surface area contributed by atoms with Crippen LogP contribution in [-0.4, -0.2) is 6.04 Å². The first kappa shape index (κ1) is 13.2. The monoisotopic (exact) mass is 315 g/mol. The number of benzene rings is 1. The highest BCUT2D eigenvalue weighted by Crippen LogP contribution is 2.42. The van der Waals surface area contributed by atoms with Gasteiger partial charge >= 0.3 is 0 Å². The van der Waals surface area contributed by atoms with Gasteiger partial charge in [0.05, 0.1) is 5.02 Å². The molecule has 2 unspecified atom stereocenters. The molecule has 0 heterocycles. The first-order valence-electron chi connectivity index (χ1n) is 6.09. The van der Waals surface area contributed by atoms with Gasteiger partial charge in [0.15, 0.2) is 0 Å². The molecule has 1 nitrogen and oxygen atoms in total. The molecule has 0 spiro atoms. The van der Waals surface area contributed by atoms with Crippen molar-refractivity contribution in [2.24, 2.45) is 11.3 Å². The van der Waals surface area contributed by atoms with E-state index in [4.69, 9.17) is 11.6 Å². The van der Waals surface area contributed by atoms with Gasteiger partial charge in [0.25, 0.3) is 0 Å². The Balaban J connectivity index is 2.08. The van der Waals surface area contributed by atoms with Crippen LogP contribution < -0.4 is 5.32 Å². The molecule has 2 rings (SSSR count).